The van der Waals surface area contributed by atoms with Crippen molar-refractivity contribution in [1.82, 2.24) is 10.3 Å². The summed E-state index contributed by atoms with van der Waals surface area (Å²) >= 11 is 0. The van der Waals surface area contributed by atoms with Crippen molar-refractivity contribution in [3.05, 3.63) is 23.9 Å². The maximum atomic E-state index is 12.1. The number of carbonyl (C=O) groups is 1. The maximum absolute atomic E-state index is 12.1. The minimum atomic E-state index is -2.90. The molecule has 6 nitrogen and oxygen atoms in total. The van der Waals surface area contributed by atoms with Crippen LogP contribution >= 0.6 is 0 Å². The Hall–Kier alpha value is -1.63. The third kappa shape index (κ3) is 3.44. The van der Waals surface area contributed by atoms with Gasteiger partial charge in [0.25, 0.3) is 5.91 Å². The van der Waals surface area contributed by atoms with Crippen molar-refractivity contribution in [1.29, 1.82) is 0 Å². The smallest absolute Gasteiger partial charge is 0.255 e. The first-order valence-electron chi connectivity index (χ1n) is 6.16. The summed E-state index contributed by atoms with van der Waals surface area (Å²) in [6.45, 7) is 0. The molecule has 0 spiro atoms. The number of rotatable bonds is 3. The second kappa shape index (κ2) is 5.56. The molecular formula is C12H17N3O3S. The fourth-order valence-corrected chi connectivity index (χ4v) is 3.58. The molecule has 1 fully saturated rings. The van der Waals surface area contributed by atoms with Gasteiger partial charge in [0.1, 0.15) is 15.7 Å². The number of carbonyl (C=O) groups excluding carboxylic acids is 1. The van der Waals surface area contributed by atoms with Gasteiger partial charge < -0.3 is 10.6 Å². The monoisotopic (exact) mass is 283 g/mol. The Bertz CT molecular complexity index is 557. The Morgan fingerprint density at radius 2 is 2.05 bits per heavy atom. The fourth-order valence-electron chi connectivity index (χ4n) is 2.09. The number of hydrogen-bond acceptors (Lipinski definition) is 5. The van der Waals surface area contributed by atoms with E-state index < -0.39 is 9.84 Å². The number of nitrogens with zero attached hydrogens (tertiary/aromatic N) is 1. The Morgan fingerprint density at radius 3 is 2.68 bits per heavy atom. The van der Waals surface area contributed by atoms with Crippen LogP contribution in [-0.4, -0.2) is 43.9 Å². The largest absolute Gasteiger partial charge is 0.372 e. The van der Waals surface area contributed by atoms with Crippen LogP contribution in [0.2, 0.25) is 0 Å². The number of anilines is 1. The molecule has 0 aromatic carbocycles. The third-order valence-electron chi connectivity index (χ3n) is 3.18. The first-order valence-corrected chi connectivity index (χ1v) is 7.98. The molecule has 1 aromatic heterocycles. The lowest BCUT2D eigenvalue weighted by Crippen LogP contribution is -2.41. The van der Waals surface area contributed by atoms with E-state index in [1.165, 1.54) is 0 Å². The number of aromatic nitrogens is 1. The summed E-state index contributed by atoms with van der Waals surface area (Å²) in [6.07, 6.45) is 2.56. The highest BCUT2D eigenvalue weighted by molar-refractivity contribution is 7.91. The molecule has 1 aromatic rings. The Labute approximate surface area is 112 Å². The van der Waals surface area contributed by atoms with Crippen LogP contribution in [0.1, 0.15) is 23.2 Å². The number of nitrogens with one attached hydrogen (secondary N) is 2. The Kier molecular flexibility index (Phi) is 4.04. The molecule has 1 aliphatic heterocycles. The number of amides is 1. The van der Waals surface area contributed by atoms with Crippen LogP contribution in [0.3, 0.4) is 0 Å². The molecule has 1 aliphatic rings. The van der Waals surface area contributed by atoms with E-state index in [0.717, 1.165) is 0 Å². The van der Waals surface area contributed by atoms with E-state index in [0.29, 0.717) is 24.2 Å². The van der Waals surface area contributed by atoms with Gasteiger partial charge in [0.2, 0.25) is 0 Å². The van der Waals surface area contributed by atoms with Crippen molar-refractivity contribution in [3.63, 3.8) is 0 Å². The average molecular weight is 283 g/mol. The predicted molar refractivity (Wildman–Crippen MR) is 72.9 cm³/mol. The van der Waals surface area contributed by atoms with Crippen molar-refractivity contribution >= 4 is 21.6 Å². The van der Waals surface area contributed by atoms with E-state index >= 15 is 0 Å². The van der Waals surface area contributed by atoms with Gasteiger partial charge in [0.15, 0.2) is 0 Å². The maximum Gasteiger partial charge on any atom is 0.255 e. The molecule has 2 rings (SSSR count). The molecule has 1 saturated heterocycles. The van der Waals surface area contributed by atoms with Crippen molar-refractivity contribution in [3.8, 4) is 0 Å². The first kappa shape index (κ1) is 13.8. The van der Waals surface area contributed by atoms with Gasteiger partial charge in [0.05, 0.1) is 17.1 Å². The molecule has 1 amide bonds. The number of hydrogen-bond donors (Lipinski definition) is 2. The van der Waals surface area contributed by atoms with Crippen LogP contribution < -0.4 is 10.6 Å². The molecule has 2 heterocycles. The van der Waals surface area contributed by atoms with Crippen LogP contribution in [0.15, 0.2) is 18.3 Å². The second-order valence-electron chi connectivity index (χ2n) is 4.55. The minimum Gasteiger partial charge on any atom is -0.372 e. The van der Waals surface area contributed by atoms with Crippen molar-refractivity contribution in [2.45, 2.75) is 18.9 Å². The van der Waals surface area contributed by atoms with Gasteiger partial charge >= 0.3 is 0 Å². The zero-order valence-corrected chi connectivity index (χ0v) is 11.5. The van der Waals surface area contributed by atoms with Gasteiger partial charge in [-0.25, -0.2) is 13.4 Å². The quantitative estimate of drug-likeness (QED) is 0.840. The number of pyridine rings is 1. The van der Waals surface area contributed by atoms with Crippen molar-refractivity contribution < 1.29 is 13.2 Å². The molecule has 0 saturated carbocycles. The number of sulfone groups is 1. The highest BCUT2D eigenvalue weighted by Crippen LogP contribution is 2.15. The zero-order valence-electron chi connectivity index (χ0n) is 10.7. The molecule has 0 bridgehead atoms. The van der Waals surface area contributed by atoms with E-state index in [-0.39, 0.29) is 23.5 Å². The zero-order chi connectivity index (χ0) is 13.9. The molecule has 0 aliphatic carbocycles. The second-order valence-corrected chi connectivity index (χ2v) is 6.85. The Morgan fingerprint density at radius 1 is 1.37 bits per heavy atom. The predicted octanol–water partition coefficient (Wildman–Crippen LogP) is 0.430. The summed E-state index contributed by atoms with van der Waals surface area (Å²) in [5, 5.41) is 5.72. The molecule has 0 unspecified atom stereocenters. The molecule has 104 valence electrons. The third-order valence-corrected chi connectivity index (χ3v) is 4.89. The molecule has 0 atom stereocenters. The normalized spacial score (nSPS) is 18.8. The van der Waals surface area contributed by atoms with Crippen molar-refractivity contribution in [2.75, 3.05) is 23.9 Å². The van der Waals surface area contributed by atoms with Gasteiger partial charge in [-0.2, -0.15) is 0 Å². The van der Waals surface area contributed by atoms with E-state index in [1.54, 1.807) is 25.4 Å². The van der Waals surface area contributed by atoms with Gasteiger partial charge in [-0.05, 0) is 25.0 Å². The highest BCUT2D eigenvalue weighted by Gasteiger charge is 2.25. The van der Waals surface area contributed by atoms with Crippen LogP contribution in [0.25, 0.3) is 0 Å². The summed E-state index contributed by atoms with van der Waals surface area (Å²) < 4.78 is 22.6. The molecule has 19 heavy (non-hydrogen) atoms. The van der Waals surface area contributed by atoms with Crippen molar-refractivity contribution in [2.24, 2.45) is 0 Å². The molecule has 2 N–H and O–H groups in total. The van der Waals surface area contributed by atoms with E-state index in [1.807, 2.05) is 0 Å². The van der Waals surface area contributed by atoms with E-state index in [2.05, 4.69) is 15.6 Å². The van der Waals surface area contributed by atoms with Crippen LogP contribution in [0, 0.1) is 0 Å². The molecular weight excluding hydrogens is 266 g/mol. The highest BCUT2D eigenvalue weighted by atomic mass is 32.2. The topological polar surface area (TPSA) is 88.2 Å². The van der Waals surface area contributed by atoms with E-state index in [4.69, 9.17) is 0 Å². The lowest BCUT2D eigenvalue weighted by atomic mass is 10.1. The lowest BCUT2D eigenvalue weighted by molar-refractivity contribution is 0.0935. The van der Waals surface area contributed by atoms with Crippen LogP contribution in [0.4, 0.5) is 5.82 Å². The fraction of sp³-hybridized carbons (Fsp3) is 0.500. The van der Waals surface area contributed by atoms with Gasteiger partial charge in [-0.15, -0.1) is 0 Å². The summed E-state index contributed by atoms with van der Waals surface area (Å²) in [7, 11) is -1.20. The van der Waals surface area contributed by atoms with Crippen LogP contribution in [-0.2, 0) is 9.84 Å². The first-order chi connectivity index (χ1) is 9.02. The molecule has 0 radical (unpaired) electrons. The Balaban J connectivity index is 2.02. The van der Waals surface area contributed by atoms with Crippen LogP contribution in [0.5, 0.6) is 0 Å². The molecule has 7 heteroatoms. The lowest BCUT2D eigenvalue weighted by Gasteiger charge is -2.23. The average Bonchev–Trinajstić information content (AvgIpc) is 2.41. The van der Waals surface area contributed by atoms with Gasteiger partial charge in [0, 0.05) is 19.3 Å². The summed E-state index contributed by atoms with van der Waals surface area (Å²) in [4.78, 5) is 16.2. The summed E-state index contributed by atoms with van der Waals surface area (Å²) in [5.41, 5.74) is 0.471. The SMILES string of the molecule is CNc1ncccc1C(=O)NC1CCS(=O)(=O)CC1. The minimum absolute atomic E-state index is 0.0825. The summed E-state index contributed by atoms with van der Waals surface area (Å²) in [5.74, 6) is 0.582. The standard InChI is InChI=1S/C12H17N3O3S/c1-13-11-10(3-2-6-14-11)12(16)15-9-4-7-19(17,18)8-5-9/h2-3,6,9H,4-5,7-8H2,1H3,(H,13,14)(H,15,16). The van der Waals surface area contributed by atoms with Gasteiger partial charge in [-0.3, -0.25) is 4.79 Å². The summed E-state index contributed by atoms with van der Waals surface area (Å²) in [6, 6.07) is 3.30. The van der Waals surface area contributed by atoms with Gasteiger partial charge in [-0.1, -0.05) is 0 Å². The van der Waals surface area contributed by atoms with E-state index in [9.17, 15) is 13.2 Å².